The topological polar surface area (TPSA) is 63.7 Å². The van der Waals surface area contributed by atoms with Gasteiger partial charge in [0, 0.05) is 24.1 Å². The second-order valence-electron chi connectivity index (χ2n) is 7.07. The summed E-state index contributed by atoms with van der Waals surface area (Å²) in [5.41, 5.74) is 2.42. The fourth-order valence-electron chi connectivity index (χ4n) is 3.48. The van der Waals surface area contributed by atoms with E-state index in [1.54, 1.807) is 30.0 Å². The van der Waals surface area contributed by atoms with Gasteiger partial charge in [0.05, 0.1) is 24.8 Å². The number of hydrogen-bond donors (Lipinski definition) is 1. The molecule has 156 valence electrons. The first kappa shape index (κ1) is 20.8. The van der Waals surface area contributed by atoms with E-state index < -0.39 is 0 Å². The summed E-state index contributed by atoms with van der Waals surface area (Å²) in [5, 5.41) is 4.43. The van der Waals surface area contributed by atoms with Crippen LogP contribution in [0.3, 0.4) is 0 Å². The van der Waals surface area contributed by atoms with E-state index in [1.165, 1.54) is 0 Å². The zero-order valence-corrected chi connectivity index (χ0v) is 18.3. The summed E-state index contributed by atoms with van der Waals surface area (Å²) in [4.78, 5) is 18.8. The van der Waals surface area contributed by atoms with Gasteiger partial charge in [-0.1, -0.05) is 12.1 Å². The molecule has 1 aromatic carbocycles. The third-order valence-electron chi connectivity index (χ3n) is 5.00. The van der Waals surface area contributed by atoms with Crippen molar-refractivity contribution in [2.24, 2.45) is 0 Å². The number of benzene rings is 1. The number of aromatic nitrogens is 1. The van der Waals surface area contributed by atoms with Crippen LogP contribution in [0.2, 0.25) is 0 Å². The van der Waals surface area contributed by atoms with Crippen LogP contribution in [0.5, 0.6) is 5.75 Å². The third-order valence-corrected chi connectivity index (χ3v) is 6.32. The van der Waals surface area contributed by atoms with Crippen molar-refractivity contribution in [1.29, 1.82) is 0 Å². The van der Waals surface area contributed by atoms with E-state index >= 15 is 0 Å². The minimum Gasteiger partial charge on any atom is -0.496 e. The maximum Gasteiger partial charge on any atom is 0.276 e. The summed E-state index contributed by atoms with van der Waals surface area (Å²) in [6.45, 7) is 1.25. The van der Waals surface area contributed by atoms with Crippen LogP contribution in [-0.4, -0.2) is 47.3 Å². The molecule has 0 aliphatic carbocycles. The second-order valence-corrected chi connectivity index (χ2v) is 8.45. The van der Waals surface area contributed by atoms with E-state index in [-0.39, 0.29) is 12.0 Å². The van der Waals surface area contributed by atoms with Crippen LogP contribution in [0.25, 0.3) is 6.08 Å². The minimum atomic E-state index is -0.115. The van der Waals surface area contributed by atoms with E-state index in [0.717, 1.165) is 41.4 Å². The Bertz CT molecular complexity index is 959. The number of carbonyl (C=O) groups excluding carboxylic acids is 1. The number of hydrogen-bond acceptors (Lipinski definition) is 6. The summed E-state index contributed by atoms with van der Waals surface area (Å²) in [6.07, 6.45) is 5.66. The molecule has 30 heavy (non-hydrogen) atoms. The number of pyridine rings is 1. The van der Waals surface area contributed by atoms with Crippen molar-refractivity contribution in [2.75, 3.05) is 20.3 Å². The van der Waals surface area contributed by atoms with Gasteiger partial charge in [0.2, 0.25) is 0 Å². The lowest BCUT2D eigenvalue weighted by atomic mass is 10.1. The third kappa shape index (κ3) is 4.83. The summed E-state index contributed by atoms with van der Waals surface area (Å²) < 4.78 is 11.2. The van der Waals surface area contributed by atoms with Crippen LogP contribution in [0.4, 0.5) is 0 Å². The molecule has 2 aliphatic heterocycles. The molecule has 8 heteroatoms. The molecule has 6 nitrogen and oxygen atoms in total. The van der Waals surface area contributed by atoms with E-state index in [2.05, 4.69) is 10.3 Å². The van der Waals surface area contributed by atoms with Gasteiger partial charge in [-0.2, -0.15) is 0 Å². The van der Waals surface area contributed by atoms with Gasteiger partial charge < -0.3 is 14.8 Å². The molecule has 1 aromatic heterocycles. The van der Waals surface area contributed by atoms with Gasteiger partial charge in [0.25, 0.3) is 5.91 Å². The number of rotatable bonds is 7. The highest BCUT2D eigenvalue weighted by Crippen LogP contribution is 2.29. The summed E-state index contributed by atoms with van der Waals surface area (Å²) >= 11 is 7.01. The second kappa shape index (κ2) is 9.59. The van der Waals surface area contributed by atoms with Crippen LogP contribution < -0.4 is 10.1 Å². The first-order valence-electron chi connectivity index (χ1n) is 9.81. The number of amides is 1. The predicted molar refractivity (Wildman–Crippen MR) is 121 cm³/mol. The van der Waals surface area contributed by atoms with Crippen LogP contribution in [0.1, 0.15) is 24.0 Å². The largest absolute Gasteiger partial charge is 0.496 e. The zero-order chi connectivity index (χ0) is 20.9. The number of carbonyl (C=O) groups is 1. The zero-order valence-electron chi connectivity index (χ0n) is 16.7. The Morgan fingerprint density at radius 1 is 1.40 bits per heavy atom. The monoisotopic (exact) mass is 441 g/mol. The Hall–Kier alpha value is -2.42. The molecule has 0 radical (unpaired) electrons. The lowest BCUT2D eigenvalue weighted by molar-refractivity contribution is -0.123. The molecule has 0 saturated carbocycles. The summed E-state index contributed by atoms with van der Waals surface area (Å²) in [6, 6.07) is 11.7. The van der Waals surface area contributed by atoms with Crippen molar-refractivity contribution >= 4 is 41.1 Å². The van der Waals surface area contributed by atoms with Gasteiger partial charge in [-0.25, -0.2) is 4.98 Å². The Kier molecular flexibility index (Phi) is 6.66. The SMILES string of the molecule is COc1ccc(/C=C2\NC(=S)N(C[C@@H]3CCCO3)C2=O)cc1CSc1ccccn1. The average Bonchev–Trinajstić information content (AvgIpc) is 3.37. The molecule has 0 unspecified atom stereocenters. The summed E-state index contributed by atoms with van der Waals surface area (Å²) in [5.74, 6) is 1.40. The molecular formula is C22H23N3O3S2. The van der Waals surface area contributed by atoms with Gasteiger partial charge >= 0.3 is 0 Å². The standard InChI is InChI=1S/C22H23N3O3S2/c1-27-19-8-7-15(11-16(19)14-30-20-6-2-3-9-23-20)12-18-21(26)25(22(29)24-18)13-17-5-4-10-28-17/h2-3,6-9,11-12,17H,4-5,10,13-14H2,1H3,(H,24,29)/b18-12-/t17-/m0/s1. The Balaban J connectivity index is 1.49. The van der Waals surface area contributed by atoms with Crippen LogP contribution in [0.15, 0.2) is 53.3 Å². The van der Waals surface area contributed by atoms with Crippen molar-refractivity contribution in [2.45, 2.75) is 29.7 Å². The number of ether oxygens (including phenoxy) is 2. The number of thioether (sulfide) groups is 1. The van der Waals surface area contributed by atoms with E-state index in [1.807, 2.05) is 42.5 Å². The molecule has 4 rings (SSSR count). The average molecular weight is 442 g/mol. The highest BCUT2D eigenvalue weighted by molar-refractivity contribution is 7.98. The number of methoxy groups -OCH3 is 1. The van der Waals surface area contributed by atoms with E-state index in [9.17, 15) is 4.79 Å². The fourth-order valence-corrected chi connectivity index (χ4v) is 4.59. The van der Waals surface area contributed by atoms with Gasteiger partial charge in [0.1, 0.15) is 11.4 Å². The number of nitrogens with one attached hydrogen (secondary N) is 1. The fraction of sp³-hybridized carbons (Fsp3) is 0.318. The van der Waals surface area contributed by atoms with E-state index in [0.29, 0.717) is 23.1 Å². The van der Waals surface area contributed by atoms with Crippen LogP contribution >= 0.6 is 24.0 Å². The van der Waals surface area contributed by atoms with Gasteiger partial charge in [-0.15, -0.1) is 11.8 Å². The van der Waals surface area contributed by atoms with Crippen molar-refractivity contribution in [3.05, 3.63) is 59.4 Å². The Labute approximate surface area is 185 Å². The molecular weight excluding hydrogens is 418 g/mol. The molecule has 0 bridgehead atoms. The van der Waals surface area contributed by atoms with Gasteiger partial charge in [-0.05, 0) is 61.0 Å². The maximum absolute atomic E-state index is 12.8. The van der Waals surface area contributed by atoms with Crippen LogP contribution in [0, 0.1) is 0 Å². The van der Waals surface area contributed by atoms with Crippen LogP contribution in [-0.2, 0) is 15.3 Å². The number of nitrogens with zero attached hydrogens (tertiary/aromatic N) is 2. The molecule has 1 N–H and O–H groups in total. The lowest BCUT2D eigenvalue weighted by Crippen LogP contribution is -2.37. The first-order chi connectivity index (χ1) is 14.6. The normalized spacial score (nSPS) is 20.1. The molecule has 2 fully saturated rings. The highest BCUT2D eigenvalue weighted by Gasteiger charge is 2.33. The minimum absolute atomic E-state index is 0.0595. The van der Waals surface area contributed by atoms with Crippen molar-refractivity contribution < 1.29 is 14.3 Å². The number of thiocarbonyl (C=S) groups is 1. The summed E-state index contributed by atoms with van der Waals surface area (Å²) in [7, 11) is 1.66. The predicted octanol–water partition coefficient (Wildman–Crippen LogP) is 3.62. The van der Waals surface area contributed by atoms with Gasteiger partial charge in [0.15, 0.2) is 5.11 Å². The first-order valence-corrected chi connectivity index (χ1v) is 11.2. The Morgan fingerprint density at radius 2 is 2.30 bits per heavy atom. The molecule has 2 aromatic rings. The Morgan fingerprint density at radius 3 is 3.03 bits per heavy atom. The molecule has 3 heterocycles. The molecule has 2 aliphatic rings. The quantitative estimate of drug-likeness (QED) is 0.400. The van der Waals surface area contributed by atoms with Gasteiger partial charge in [-0.3, -0.25) is 9.69 Å². The van der Waals surface area contributed by atoms with Crippen molar-refractivity contribution in [1.82, 2.24) is 15.2 Å². The highest BCUT2D eigenvalue weighted by atomic mass is 32.2. The molecule has 1 amide bonds. The van der Waals surface area contributed by atoms with E-state index in [4.69, 9.17) is 21.7 Å². The molecule has 2 saturated heterocycles. The maximum atomic E-state index is 12.8. The van der Waals surface area contributed by atoms with Crippen molar-refractivity contribution in [3.8, 4) is 5.75 Å². The van der Waals surface area contributed by atoms with Crippen molar-refractivity contribution in [3.63, 3.8) is 0 Å². The lowest BCUT2D eigenvalue weighted by Gasteiger charge is -2.18. The smallest absolute Gasteiger partial charge is 0.276 e. The molecule has 0 spiro atoms. The molecule has 1 atom stereocenters.